The lowest BCUT2D eigenvalue weighted by molar-refractivity contribution is -0.143. The van der Waals surface area contributed by atoms with E-state index < -0.39 is 41.4 Å². The van der Waals surface area contributed by atoms with Gasteiger partial charge in [-0.15, -0.1) is 0 Å². The average Bonchev–Trinajstić information content (AvgIpc) is 2.60. The summed E-state index contributed by atoms with van der Waals surface area (Å²) in [5, 5.41) is 4.27. The molecule has 0 aliphatic carbocycles. The molecule has 2 rings (SSSR count). The number of urea groups is 1. The Labute approximate surface area is 169 Å². The van der Waals surface area contributed by atoms with Crippen molar-refractivity contribution >= 4 is 11.7 Å². The Balaban J connectivity index is 2.07. The summed E-state index contributed by atoms with van der Waals surface area (Å²) >= 11 is 0. The van der Waals surface area contributed by atoms with Crippen molar-refractivity contribution in [3.05, 3.63) is 59.2 Å². The number of carbonyl (C=O) groups excluding carboxylic acids is 1. The second-order valence-corrected chi connectivity index (χ2v) is 6.88. The molecular weight excluding hydrogens is 414 g/mol. The van der Waals surface area contributed by atoms with Crippen molar-refractivity contribution in [1.82, 2.24) is 5.32 Å². The molecule has 2 aromatic carbocycles. The Morgan fingerprint density at radius 2 is 1.37 bits per heavy atom. The van der Waals surface area contributed by atoms with Crippen molar-refractivity contribution in [2.75, 3.05) is 5.32 Å². The van der Waals surface area contributed by atoms with Crippen LogP contribution in [-0.2, 0) is 12.4 Å². The first-order valence-electron chi connectivity index (χ1n) is 8.89. The normalized spacial score (nSPS) is 13.1. The Morgan fingerprint density at radius 3 is 1.80 bits per heavy atom. The van der Waals surface area contributed by atoms with Gasteiger partial charge in [0.2, 0.25) is 0 Å². The van der Waals surface area contributed by atoms with Gasteiger partial charge >= 0.3 is 18.4 Å². The van der Waals surface area contributed by atoms with E-state index in [4.69, 9.17) is 4.74 Å². The first-order chi connectivity index (χ1) is 13.8. The number of alkyl halides is 6. The van der Waals surface area contributed by atoms with Crippen LogP contribution >= 0.6 is 0 Å². The van der Waals surface area contributed by atoms with Crippen LogP contribution in [0.5, 0.6) is 5.75 Å². The second kappa shape index (κ2) is 8.85. The molecule has 2 N–H and O–H groups in total. The quantitative estimate of drug-likeness (QED) is 0.423. The number of ether oxygens (including phenoxy) is 1. The van der Waals surface area contributed by atoms with E-state index in [-0.39, 0.29) is 6.07 Å². The molecule has 0 aliphatic heterocycles. The molecular formula is C20H20F6N2O2. The number of amides is 2. The van der Waals surface area contributed by atoms with Gasteiger partial charge in [-0.3, -0.25) is 0 Å². The lowest BCUT2D eigenvalue weighted by Crippen LogP contribution is -2.39. The number of anilines is 1. The Kier molecular flexibility index (Phi) is 6.89. The van der Waals surface area contributed by atoms with E-state index in [1.807, 2.05) is 31.3 Å². The van der Waals surface area contributed by atoms with Gasteiger partial charge in [0.05, 0.1) is 11.1 Å². The van der Waals surface area contributed by atoms with Gasteiger partial charge in [0, 0.05) is 5.69 Å². The first-order valence-corrected chi connectivity index (χ1v) is 8.89. The molecule has 0 aliphatic rings. The fourth-order valence-electron chi connectivity index (χ4n) is 2.54. The van der Waals surface area contributed by atoms with Crippen LogP contribution < -0.4 is 15.4 Å². The zero-order valence-corrected chi connectivity index (χ0v) is 16.3. The van der Waals surface area contributed by atoms with Crippen molar-refractivity contribution in [3.8, 4) is 5.75 Å². The standard InChI is InChI=1S/C20H20F6N2O2/c1-11(2)13-4-6-17(7-5-13)30-12(3)27-18(29)28-16-9-14(19(21,22)23)8-15(10-16)20(24,25)26/h4-12H,1-3H3,(H2,27,28,29). The predicted molar refractivity (Wildman–Crippen MR) is 99.2 cm³/mol. The maximum Gasteiger partial charge on any atom is 0.416 e. The molecule has 0 bridgehead atoms. The molecule has 0 radical (unpaired) electrons. The Hall–Kier alpha value is -2.91. The molecule has 0 aromatic heterocycles. The fraction of sp³-hybridized carbons (Fsp3) is 0.350. The summed E-state index contributed by atoms with van der Waals surface area (Å²) in [4.78, 5) is 12.0. The minimum absolute atomic E-state index is 0.0182. The molecule has 1 atom stereocenters. The van der Waals surface area contributed by atoms with Crippen molar-refractivity contribution in [3.63, 3.8) is 0 Å². The molecule has 2 aromatic rings. The summed E-state index contributed by atoms with van der Waals surface area (Å²) in [7, 11) is 0. The molecule has 1 unspecified atom stereocenters. The maximum absolute atomic E-state index is 12.9. The van der Waals surface area contributed by atoms with Gasteiger partial charge in [-0.2, -0.15) is 26.3 Å². The van der Waals surface area contributed by atoms with Gasteiger partial charge < -0.3 is 15.4 Å². The number of hydrogen-bond acceptors (Lipinski definition) is 2. The largest absolute Gasteiger partial charge is 0.471 e. The number of halogens is 6. The van der Waals surface area contributed by atoms with Gasteiger partial charge in [0.25, 0.3) is 0 Å². The predicted octanol–water partition coefficient (Wildman–Crippen LogP) is 6.39. The Bertz CT molecular complexity index is 844. The maximum atomic E-state index is 12.9. The highest BCUT2D eigenvalue weighted by Crippen LogP contribution is 2.37. The number of nitrogens with one attached hydrogen (secondary N) is 2. The highest BCUT2D eigenvalue weighted by Gasteiger charge is 2.37. The molecule has 10 heteroatoms. The van der Waals surface area contributed by atoms with Crippen molar-refractivity contribution in [2.45, 2.75) is 45.3 Å². The summed E-state index contributed by atoms with van der Waals surface area (Å²) in [6.07, 6.45) is -10.9. The monoisotopic (exact) mass is 434 g/mol. The lowest BCUT2D eigenvalue weighted by atomic mass is 10.0. The topological polar surface area (TPSA) is 50.4 Å². The average molecular weight is 434 g/mol. The number of hydrogen-bond donors (Lipinski definition) is 2. The van der Waals surface area contributed by atoms with Crippen molar-refractivity contribution in [2.24, 2.45) is 0 Å². The highest BCUT2D eigenvalue weighted by atomic mass is 19.4. The van der Waals surface area contributed by atoms with Gasteiger partial charge in [0.15, 0.2) is 6.23 Å². The summed E-state index contributed by atoms with van der Waals surface area (Å²) in [6, 6.07) is 6.86. The van der Waals surface area contributed by atoms with Gasteiger partial charge in [-0.25, -0.2) is 4.79 Å². The summed E-state index contributed by atoms with van der Waals surface area (Å²) in [6.45, 7) is 5.49. The zero-order chi connectivity index (χ0) is 22.7. The van der Waals surface area contributed by atoms with E-state index in [2.05, 4.69) is 5.32 Å². The van der Waals surface area contributed by atoms with Crippen molar-refractivity contribution in [1.29, 1.82) is 0 Å². The molecule has 2 amide bonds. The van der Waals surface area contributed by atoms with Crippen LogP contribution in [-0.4, -0.2) is 12.3 Å². The number of rotatable bonds is 5. The van der Waals surface area contributed by atoms with Gasteiger partial charge in [-0.05, 0) is 48.7 Å². The highest BCUT2D eigenvalue weighted by molar-refractivity contribution is 5.89. The van der Waals surface area contributed by atoms with Crippen LogP contribution in [0.1, 0.15) is 43.4 Å². The van der Waals surface area contributed by atoms with Crippen molar-refractivity contribution < 1.29 is 35.9 Å². The number of benzene rings is 2. The van der Waals surface area contributed by atoms with Crippen LogP contribution in [0.3, 0.4) is 0 Å². The van der Waals surface area contributed by atoms with Gasteiger partial charge in [-0.1, -0.05) is 26.0 Å². The lowest BCUT2D eigenvalue weighted by Gasteiger charge is -2.18. The van der Waals surface area contributed by atoms with Crippen LogP contribution in [0, 0.1) is 0 Å². The third-order valence-electron chi connectivity index (χ3n) is 4.04. The van der Waals surface area contributed by atoms with Crippen LogP contribution in [0.15, 0.2) is 42.5 Å². The van der Waals surface area contributed by atoms with E-state index in [0.717, 1.165) is 5.56 Å². The molecule has 0 spiro atoms. The SMILES string of the molecule is CC(NC(=O)Nc1cc(C(F)(F)F)cc(C(F)(F)F)c1)Oc1ccc(C(C)C)cc1. The van der Waals surface area contributed by atoms with Crippen LogP contribution in [0.4, 0.5) is 36.8 Å². The Morgan fingerprint density at radius 1 is 0.867 bits per heavy atom. The summed E-state index contributed by atoms with van der Waals surface area (Å²) in [5.74, 6) is 0.750. The fourth-order valence-corrected chi connectivity index (χ4v) is 2.54. The molecule has 0 saturated carbocycles. The smallest absolute Gasteiger partial charge is 0.416 e. The van der Waals surface area contributed by atoms with E-state index in [0.29, 0.717) is 23.8 Å². The van der Waals surface area contributed by atoms with Crippen LogP contribution in [0.2, 0.25) is 0 Å². The van der Waals surface area contributed by atoms with Crippen LogP contribution in [0.25, 0.3) is 0 Å². The van der Waals surface area contributed by atoms with E-state index >= 15 is 0 Å². The minimum atomic E-state index is -5.01. The molecule has 30 heavy (non-hydrogen) atoms. The second-order valence-electron chi connectivity index (χ2n) is 6.88. The first kappa shape index (κ1) is 23.4. The van der Waals surface area contributed by atoms with Gasteiger partial charge in [0.1, 0.15) is 5.75 Å². The summed E-state index contributed by atoms with van der Waals surface area (Å²) < 4.78 is 82.8. The number of carbonyl (C=O) groups is 1. The van der Waals surface area contributed by atoms with E-state index in [1.54, 1.807) is 12.1 Å². The molecule has 4 nitrogen and oxygen atoms in total. The molecule has 164 valence electrons. The van der Waals surface area contributed by atoms with E-state index in [9.17, 15) is 31.1 Å². The minimum Gasteiger partial charge on any atom is -0.471 e. The molecule has 0 heterocycles. The zero-order valence-electron chi connectivity index (χ0n) is 16.3. The molecule has 0 fully saturated rings. The molecule has 0 saturated heterocycles. The third kappa shape index (κ3) is 6.57. The third-order valence-corrected chi connectivity index (χ3v) is 4.04. The summed E-state index contributed by atoms with van der Waals surface area (Å²) in [5.41, 5.74) is -2.63. The van der Waals surface area contributed by atoms with E-state index in [1.165, 1.54) is 6.92 Å².